The van der Waals surface area contributed by atoms with E-state index in [1.165, 1.54) is 0 Å². The van der Waals surface area contributed by atoms with Gasteiger partial charge in [0.25, 0.3) is 0 Å². The van der Waals surface area contributed by atoms with Gasteiger partial charge in [0.15, 0.2) is 0 Å². The van der Waals surface area contributed by atoms with Gasteiger partial charge in [-0.05, 0) is 64.2 Å². The van der Waals surface area contributed by atoms with Crippen molar-refractivity contribution in [2.75, 3.05) is 37.7 Å². The lowest BCUT2D eigenvalue weighted by Gasteiger charge is -2.37. The molecule has 1 atom stereocenters. The summed E-state index contributed by atoms with van der Waals surface area (Å²) in [5.74, 6) is 1.02. The molecule has 2 fully saturated rings. The van der Waals surface area contributed by atoms with Gasteiger partial charge in [0.1, 0.15) is 11.4 Å². The number of hydrogen-bond acceptors (Lipinski definition) is 5. The highest BCUT2D eigenvalue weighted by Crippen LogP contribution is 2.33. The summed E-state index contributed by atoms with van der Waals surface area (Å²) in [6, 6.07) is 2.23. The number of rotatable bonds is 2. The third-order valence-electron chi connectivity index (χ3n) is 4.90. The molecule has 0 radical (unpaired) electrons. The number of anilines is 1. The van der Waals surface area contributed by atoms with Crippen LogP contribution in [0.3, 0.4) is 0 Å². The Morgan fingerprint density at radius 2 is 1.96 bits per heavy atom. The summed E-state index contributed by atoms with van der Waals surface area (Å²) in [5.41, 5.74) is 1.78. The summed E-state index contributed by atoms with van der Waals surface area (Å²) in [5, 5.41) is 0. The summed E-state index contributed by atoms with van der Waals surface area (Å²) in [7, 11) is 0. The van der Waals surface area contributed by atoms with Gasteiger partial charge in [-0.25, -0.2) is 9.78 Å². The molecule has 0 saturated carbocycles. The number of amides is 1. The highest BCUT2D eigenvalue weighted by molar-refractivity contribution is 5.69. The molecule has 2 aliphatic rings. The van der Waals surface area contributed by atoms with E-state index in [-0.39, 0.29) is 12.1 Å². The molecule has 26 heavy (non-hydrogen) atoms. The summed E-state index contributed by atoms with van der Waals surface area (Å²) < 4.78 is 11.1. The minimum atomic E-state index is -0.479. The fourth-order valence-corrected chi connectivity index (χ4v) is 3.69. The van der Waals surface area contributed by atoms with Crippen molar-refractivity contribution >= 4 is 11.9 Å². The number of hydrogen-bond donors (Lipinski definition) is 0. The molecule has 0 aromatic carbocycles. The molecule has 2 saturated heterocycles. The Labute approximate surface area is 156 Å². The Morgan fingerprint density at radius 1 is 1.23 bits per heavy atom. The van der Waals surface area contributed by atoms with E-state index >= 15 is 0 Å². The molecule has 144 valence electrons. The van der Waals surface area contributed by atoms with Crippen LogP contribution in [-0.2, 0) is 9.47 Å². The largest absolute Gasteiger partial charge is 0.444 e. The third-order valence-corrected chi connectivity index (χ3v) is 4.90. The minimum absolute atomic E-state index is 0.0449. The van der Waals surface area contributed by atoms with Crippen molar-refractivity contribution in [3.8, 4) is 0 Å². The molecule has 2 aliphatic heterocycles. The van der Waals surface area contributed by atoms with Gasteiger partial charge in [0.05, 0.1) is 19.3 Å². The van der Waals surface area contributed by atoms with Crippen LogP contribution in [0.5, 0.6) is 0 Å². The second-order valence-electron chi connectivity index (χ2n) is 8.19. The van der Waals surface area contributed by atoms with Crippen molar-refractivity contribution < 1.29 is 14.3 Å². The predicted octanol–water partition coefficient (Wildman–Crippen LogP) is 3.69. The Hall–Kier alpha value is -1.82. The zero-order chi connectivity index (χ0) is 18.7. The summed E-state index contributed by atoms with van der Waals surface area (Å²) in [4.78, 5) is 21.5. The molecule has 6 nitrogen and oxygen atoms in total. The van der Waals surface area contributed by atoms with Crippen LogP contribution >= 0.6 is 0 Å². The lowest BCUT2D eigenvalue weighted by atomic mass is 9.96. The molecule has 0 N–H and O–H groups in total. The van der Waals surface area contributed by atoms with E-state index in [1.54, 1.807) is 0 Å². The Bertz CT molecular complexity index is 636. The number of morpholine rings is 1. The molecule has 0 spiro atoms. The Morgan fingerprint density at radius 3 is 2.62 bits per heavy atom. The molecular formula is C20H31N3O3. The quantitative estimate of drug-likeness (QED) is 0.804. The van der Waals surface area contributed by atoms with Gasteiger partial charge >= 0.3 is 6.09 Å². The molecule has 0 bridgehead atoms. The number of carbonyl (C=O) groups excluding carboxylic acids is 1. The maximum atomic E-state index is 12.7. The highest BCUT2D eigenvalue weighted by Gasteiger charge is 2.32. The monoisotopic (exact) mass is 361 g/mol. The normalized spacial score (nSPS) is 21.6. The van der Waals surface area contributed by atoms with Crippen molar-refractivity contribution in [2.24, 2.45) is 0 Å². The number of pyridine rings is 1. The van der Waals surface area contributed by atoms with Gasteiger partial charge in [-0.2, -0.15) is 0 Å². The van der Waals surface area contributed by atoms with Crippen molar-refractivity contribution in [1.29, 1.82) is 0 Å². The Balaban J connectivity index is 1.79. The summed E-state index contributed by atoms with van der Waals surface area (Å²) in [6.07, 6.45) is 4.81. The van der Waals surface area contributed by atoms with Crippen LogP contribution in [0.15, 0.2) is 12.3 Å². The highest BCUT2D eigenvalue weighted by atomic mass is 16.6. The average Bonchev–Trinajstić information content (AvgIpc) is 2.61. The van der Waals surface area contributed by atoms with Crippen LogP contribution in [0, 0.1) is 6.92 Å². The van der Waals surface area contributed by atoms with Crippen LogP contribution in [0.1, 0.15) is 57.2 Å². The number of likely N-dealkylation sites (tertiary alicyclic amines) is 1. The maximum Gasteiger partial charge on any atom is 0.410 e. The molecule has 6 heteroatoms. The second-order valence-corrected chi connectivity index (χ2v) is 8.19. The van der Waals surface area contributed by atoms with Gasteiger partial charge in [0, 0.05) is 25.8 Å². The molecule has 1 aromatic rings. The van der Waals surface area contributed by atoms with Gasteiger partial charge < -0.3 is 19.3 Å². The first-order valence-corrected chi connectivity index (χ1v) is 9.64. The van der Waals surface area contributed by atoms with Crippen LogP contribution in [0.2, 0.25) is 0 Å². The first-order chi connectivity index (χ1) is 12.3. The SMILES string of the molecule is Cc1cc([C@@H]2CCCCN2C(=O)OC(C)(C)C)cnc1N1CCOCC1. The summed E-state index contributed by atoms with van der Waals surface area (Å²) >= 11 is 0. The van der Waals surface area contributed by atoms with Crippen molar-refractivity contribution in [1.82, 2.24) is 9.88 Å². The van der Waals surface area contributed by atoms with Crippen LogP contribution in [0.25, 0.3) is 0 Å². The predicted molar refractivity (Wildman–Crippen MR) is 102 cm³/mol. The molecule has 1 amide bonds. The van der Waals surface area contributed by atoms with E-state index in [0.717, 1.165) is 69.1 Å². The van der Waals surface area contributed by atoms with E-state index in [4.69, 9.17) is 14.5 Å². The smallest absolute Gasteiger partial charge is 0.410 e. The fourth-order valence-electron chi connectivity index (χ4n) is 3.69. The number of carbonyl (C=O) groups is 1. The number of ether oxygens (including phenoxy) is 2. The second kappa shape index (κ2) is 7.82. The average molecular weight is 361 g/mol. The van der Waals surface area contributed by atoms with Gasteiger partial charge in [-0.1, -0.05) is 0 Å². The number of piperidine rings is 1. The number of nitrogens with zero attached hydrogens (tertiary/aromatic N) is 3. The van der Waals surface area contributed by atoms with Gasteiger partial charge in [0.2, 0.25) is 0 Å². The van der Waals surface area contributed by atoms with E-state index in [2.05, 4.69) is 17.9 Å². The first-order valence-electron chi connectivity index (χ1n) is 9.64. The molecule has 1 aromatic heterocycles. The maximum absolute atomic E-state index is 12.7. The molecule has 3 rings (SSSR count). The number of aromatic nitrogens is 1. The molecular weight excluding hydrogens is 330 g/mol. The molecule has 0 aliphatic carbocycles. The van der Waals surface area contributed by atoms with E-state index in [0.29, 0.717) is 0 Å². The van der Waals surface area contributed by atoms with Gasteiger partial charge in [-0.3, -0.25) is 0 Å². The molecule has 0 unspecified atom stereocenters. The number of aryl methyl sites for hydroxylation is 1. The van der Waals surface area contributed by atoms with E-state index in [9.17, 15) is 4.79 Å². The Kier molecular flexibility index (Phi) is 5.70. The first kappa shape index (κ1) is 19.0. The van der Waals surface area contributed by atoms with Crippen molar-refractivity contribution in [2.45, 2.75) is 58.6 Å². The van der Waals surface area contributed by atoms with Crippen LogP contribution in [-0.4, -0.2) is 54.4 Å². The zero-order valence-electron chi connectivity index (χ0n) is 16.5. The molecule has 3 heterocycles. The van der Waals surface area contributed by atoms with Crippen molar-refractivity contribution in [3.63, 3.8) is 0 Å². The third kappa shape index (κ3) is 4.47. The lowest BCUT2D eigenvalue weighted by Crippen LogP contribution is -2.42. The van der Waals surface area contributed by atoms with Crippen LogP contribution < -0.4 is 4.90 Å². The minimum Gasteiger partial charge on any atom is -0.444 e. The van der Waals surface area contributed by atoms with Gasteiger partial charge in [-0.15, -0.1) is 0 Å². The fraction of sp³-hybridized carbons (Fsp3) is 0.700. The lowest BCUT2D eigenvalue weighted by molar-refractivity contribution is 0.00947. The van der Waals surface area contributed by atoms with E-state index in [1.807, 2.05) is 31.9 Å². The standard InChI is InChI=1S/C20H31N3O3/c1-15-13-16(14-21-18(15)22-9-11-25-12-10-22)17-7-5-6-8-23(17)19(24)26-20(2,3)4/h13-14,17H,5-12H2,1-4H3/t17-/m0/s1. The topological polar surface area (TPSA) is 54.9 Å². The van der Waals surface area contributed by atoms with E-state index < -0.39 is 5.60 Å². The zero-order valence-corrected chi connectivity index (χ0v) is 16.5. The van der Waals surface area contributed by atoms with Crippen LogP contribution in [0.4, 0.5) is 10.6 Å². The summed E-state index contributed by atoms with van der Waals surface area (Å²) in [6.45, 7) is 11.8. The van der Waals surface area contributed by atoms with Crippen molar-refractivity contribution in [3.05, 3.63) is 23.4 Å².